The van der Waals surface area contributed by atoms with Crippen LogP contribution >= 0.6 is 0 Å². The van der Waals surface area contributed by atoms with Gasteiger partial charge in [0.1, 0.15) is 11.5 Å². The molecule has 0 spiro atoms. The Kier molecular flexibility index (Phi) is 7.84. The SMILES string of the molecule is CCCOc1ccc(C(=O)NCC(=O)N/N=C/c2ccccc2OC)cc1. The minimum absolute atomic E-state index is 0.184. The summed E-state index contributed by atoms with van der Waals surface area (Å²) in [7, 11) is 1.56. The molecule has 2 aromatic carbocycles. The number of nitrogens with one attached hydrogen (secondary N) is 2. The van der Waals surface area contributed by atoms with Crippen LogP contribution in [-0.4, -0.2) is 38.3 Å². The summed E-state index contributed by atoms with van der Waals surface area (Å²) in [6.45, 7) is 2.46. The maximum Gasteiger partial charge on any atom is 0.259 e. The van der Waals surface area contributed by atoms with Crippen molar-refractivity contribution in [2.75, 3.05) is 20.3 Å². The average molecular weight is 369 g/mol. The van der Waals surface area contributed by atoms with Crippen LogP contribution in [0.15, 0.2) is 53.6 Å². The molecule has 0 unspecified atom stereocenters. The van der Waals surface area contributed by atoms with E-state index in [1.807, 2.05) is 25.1 Å². The van der Waals surface area contributed by atoms with Crippen LogP contribution in [0.25, 0.3) is 0 Å². The van der Waals surface area contributed by atoms with E-state index in [0.717, 1.165) is 12.0 Å². The second-order valence-corrected chi connectivity index (χ2v) is 5.59. The highest BCUT2D eigenvalue weighted by atomic mass is 16.5. The van der Waals surface area contributed by atoms with Crippen LogP contribution in [0.3, 0.4) is 0 Å². The van der Waals surface area contributed by atoms with E-state index in [1.165, 1.54) is 6.21 Å². The van der Waals surface area contributed by atoms with Gasteiger partial charge in [-0.15, -0.1) is 0 Å². The lowest BCUT2D eigenvalue weighted by Gasteiger charge is -2.07. The zero-order valence-corrected chi connectivity index (χ0v) is 15.4. The fourth-order valence-electron chi connectivity index (χ4n) is 2.17. The molecule has 2 N–H and O–H groups in total. The first-order valence-corrected chi connectivity index (χ1v) is 8.60. The Morgan fingerprint density at radius 2 is 1.85 bits per heavy atom. The third-order valence-electron chi connectivity index (χ3n) is 3.53. The van der Waals surface area contributed by atoms with Gasteiger partial charge in [-0.3, -0.25) is 9.59 Å². The summed E-state index contributed by atoms with van der Waals surface area (Å²) in [5, 5.41) is 6.41. The summed E-state index contributed by atoms with van der Waals surface area (Å²) in [5.41, 5.74) is 3.54. The number of methoxy groups -OCH3 is 1. The van der Waals surface area contributed by atoms with Gasteiger partial charge in [0.15, 0.2) is 0 Å². The molecule has 142 valence electrons. The fraction of sp³-hybridized carbons (Fsp3) is 0.250. The molecule has 2 rings (SSSR count). The summed E-state index contributed by atoms with van der Waals surface area (Å²) < 4.78 is 10.7. The van der Waals surface area contributed by atoms with Gasteiger partial charge in [-0.1, -0.05) is 19.1 Å². The van der Waals surface area contributed by atoms with Gasteiger partial charge in [0, 0.05) is 11.1 Å². The molecule has 0 saturated heterocycles. The zero-order chi connectivity index (χ0) is 19.5. The first-order chi connectivity index (χ1) is 13.1. The molecular weight excluding hydrogens is 346 g/mol. The maximum absolute atomic E-state index is 12.1. The van der Waals surface area contributed by atoms with Crippen molar-refractivity contribution in [1.29, 1.82) is 0 Å². The molecule has 27 heavy (non-hydrogen) atoms. The molecule has 7 heteroatoms. The third kappa shape index (κ3) is 6.47. The minimum Gasteiger partial charge on any atom is -0.496 e. The Labute approximate surface area is 158 Å². The largest absolute Gasteiger partial charge is 0.496 e. The molecule has 0 aromatic heterocycles. The van der Waals surface area contributed by atoms with Crippen molar-refractivity contribution >= 4 is 18.0 Å². The van der Waals surface area contributed by atoms with Gasteiger partial charge < -0.3 is 14.8 Å². The Bertz CT molecular complexity index is 788. The van der Waals surface area contributed by atoms with Crippen molar-refractivity contribution in [2.45, 2.75) is 13.3 Å². The number of carbonyl (C=O) groups excluding carboxylic acids is 2. The van der Waals surface area contributed by atoms with E-state index >= 15 is 0 Å². The molecule has 0 heterocycles. The average Bonchev–Trinajstić information content (AvgIpc) is 2.71. The number of hydrazone groups is 1. The van der Waals surface area contributed by atoms with Crippen molar-refractivity contribution in [3.63, 3.8) is 0 Å². The highest BCUT2D eigenvalue weighted by Gasteiger charge is 2.08. The van der Waals surface area contributed by atoms with Gasteiger partial charge in [-0.05, 0) is 42.8 Å². The molecule has 0 atom stereocenters. The number of hydrogen-bond acceptors (Lipinski definition) is 5. The molecule has 0 radical (unpaired) electrons. The number of amides is 2. The third-order valence-corrected chi connectivity index (χ3v) is 3.53. The number of ether oxygens (including phenoxy) is 2. The fourth-order valence-corrected chi connectivity index (χ4v) is 2.17. The first kappa shape index (κ1) is 20.0. The lowest BCUT2D eigenvalue weighted by atomic mass is 10.2. The summed E-state index contributed by atoms with van der Waals surface area (Å²) in [6.07, 6.45) is 2.39. The monoisotopic (exact) mass is 369 g/mol. The van der Waals surface area contributed by atoms with Gasteiger partial charge >= 0.3 is 0 Å². The van der Waals surface area contributed by atoms with Crippen LogP contribution in [0.4, 0.5) is 0 Å². The van der Waals surface area contributed by atoms with E-state index < -0.39 is 5.91 Å². The van der Waals surface area contributed by atoms with Gasteiger partial charge in [0.25, 0.3) is 11.8 Å². The smallest absolute Gasteiger partial charge is 0.259 e. The number of para-hydroxylation sites is 1. The van der Waals surface area contributed by atoms with Crippen molar-refractivity contribution < 1.29 is 19.1 Å². The molecule has 0 saturated carbocycles. The van der Waals surface area contributed by atoms with Crippen LogP contribution in [0.1, 0.15) is 29.3 Å². The molecular formula is C20H23N3O4. The number of hydrogen-bond donors (Lipinski definition) is 2. The second kappa shape index (κ2) is 10.6. The van der Waals surface area contributed by atoms with E-state index in [9.17, 15) is 9.59 Å². The minimum atomic E-state index is -0.433. The van der Waals surface area contributed by atoms with Gasteiger partial charge in [-0.2, -0.15) is 5.10 Å². The Morgan fingerprint density at radius 3 is 2.56 bits per heavy atom. The van der Waals surface area contributed by atoms with Crippen LogP contribution in [0.2, 0.25) is 0 Å². The van der Waals surface area contributed by atoms with Gasteiger partial charge in [-0.25, -0.2) is 5.43 Å². The predicted molar refractivity (Wildman–Crippen MR) is 103 cm³/mol. The van der Waals surface area contributed by atoms with Crippen LogP contribution < -0.4 is 20.2 Å². The molecule has 2 aromatic rings. The molecule has 0 fully saturated rings. The topological polar surface area (TPSA) is 89.0 Å². The van der Waals surface area contributed by atoms with Gasteiger partial charge in [0.05, 0.1) is 26.5 Å². The van der Waals surface area contributed by atoms with E-state index in [4.69, 9.17) is 9.47 Å². The Balaban J connectivity index is 1.79. The van der Waals surface area contributed by atoms with E-state index in [0.29, 0.717) is 23.7 Å². The van der Waals surface area contributed by atoms with E-state index in [-0.39, 0.29) is 12.5 Å². The predicted octanol–water partition coefficient (Wildman–Crippen LogP) is 2.36. The van der Waals surface area contributed by atoms with Crippen molar-refractivity contribution in [1.82, 2.24) is 10.7 Å². The lowest BCUT2D eigenvalue weighted by molar-refractivity contribution is -0.120. The van der Waals surface area contributed by atoms with Crippen molar-refractivity contribution in [2.24, 2.45) is 5.10 Å². The standard InChI is InChI=1S/C20H23N3O4/c1-3-12-27-17-10-8-15(9-11-17)20(25)21-14-19(24)23-22-13-16-6-4-5-7-18(16)26-2/h4-11,13H,3,12,14H2,1-2H3,(H,21,25)(H,23,24)/b22-13+. The highest BCUT2D eigenvalue weighted by Crippen LogP contribution is 2.14. The van der Waals surface area contributed by atoms with Crippen LogP contribution in [0.5, 0.6) is 11.5 Å². The quantitative estimate of drug-likeness (QED) is 0.525. The normalized spacial score (nSPS) is 10.4. The number of benzene rings is 2. The van der Waals surface area contributed by atoms with Crippen LogP contribution in [0, 0.1) is 0 Å². The lowest BCUT2D eigenvalue weighted by Crippen LogP contribution is -2.34. The van der Waals surface area contributed by atoms with Crippen LogP contribution in [-0.2, 0) is 4.79 Å². The van der Waals surface area contributed by atoms with Crippen molar-refractivity contribution in [3.05, 3.63) is 59.7 Å². The summed E-state index contributed by atoms with van der Waals surface area (Å²) in [6, 6.07) is 14.0. The zero-order valence-electron chi connectivity index (χ0n) is 15.4. The Morgan fingerprint density at radius 1 is 1.11 bits per heavy atom. The molecule has 0 bridgehead atoms. The summed E-state index contributed by atoms with van der Waals surface area (Å²) in [4.78, 5) is 23.9. The summed E-state index contributed by atoms with van der Waals surface area (Å²) >= 11 is 0. The number of rotatable bonds is 9. The van der Waals surface area contributed by atoms with Crippen molar-refractivity contribution in [3.8, 4) is 11.5 Å². The van der Waals surface area contributed by atoms with E-state index in [1.54, 1.807) is 37.4 Å². The molecule has 0 aliphatic heterocycles. The second-order valence-electron chi connectivity index (χ2n) is 5.59. The first-order valence-electron chi connectivity index (χ1n) is 8.60. The molecule has 2 amide bonds. The van der Waals surface area contributed by atoms with Gasteiger partial charge in [0.2, 0.25) is 0 Å². The summed E-state index contributed by atoms with van der Waals surface area (Å²) in [5.74, 6) is 0.574. The molecule has 7 nitrogen and oxygen atoms in total. The van der Waals surface area contributed by atoms with E-state index in [2.05, 4.69) is 15.8 Å². The number of nitrogens with zero attached hydrogens (tertiary/aromatic N) is 1. The highest BCUT2D eigenvalue weighted by molar-refractivity contribution is 5.96. The Hall–Kier alpha value is -3.35. The molecule has 0 aliphatic carbocycles. The number of carbonyl (C=O) groups is 2. The molecule has 0 aliphatic rings. The maximum atomic E-state index is 12.1.